The van der Waals surface area contributed by atoms with Crippen LogP contribution in [0.4, 0.5) is 17.3 Å². The van der Waals surface area contributed by atoms with Crippen molar-refractivity contribution >= 4 is 17.3 Å². The zero-order chi connectivity index (χ0) is 19.2. The van der Waals surface area contributed by atoms with Crippen molar-refractivity contribution in [1.29, 1.82) is 0 Å². The molecule has 3 rings (SSSR count). The van der Waals surface area contributed by atoms with Gasteiger partial charge in [0.1, 0.15) is 29.0 Å². The number of aryl methyl sites for hydroxylation is 2. The number of nitrogens with zero attached hydrogens (tertiary/aromatic N) is 2. The lowest BCUT2D eigenvalue weighted by molar-refractivity contribution is 0.405. The van der Waals surface area contributed by atoms with Gasteiger partial charge in [-0.1, -0.05) is 29.8 Å². The van der Waals surface area contributed by atoms with E-state index in [1.807, 2.05) is 31.2 Å². The average molecular weight is 364 g/mol. The maximum absolute atomic E-state index is 5.42. The van der Waals surface area contributed by atoms with Gasteiger partial charge in [0.15, 0.2) is 0 Å². The van der Waals surface area contributed by atoms with E-state index in [4.69, 9.17) is 9.47 Å². The van der Waals surface area contributed by atoms with Crippen molar-refractivity contribution in [3.63, 3.8) is 0 Å². The number of anilines is 3. The number of hydrogen-bond donors (Lipinski definition) is 2. The molecule has 0 radical (unpaired) electrons. The van der Waals surface area contributed by atoms with E-state index in [0.717, 1.165) is 17.3 Å². The predicted octanol–water partition coefficient (Wildman–Crippen LogP) is 4.47. The van der Waals surface area contributed by atoms with Crippen LogP contribution in [0.3, 0.4) is 0 Å². The van der Waals surface area contributed by atoms with Crippen molar-refractivity contribution in [2.75, 3.05) is 24.9 Å². The van der Waals surface area contributed by atoms with Gasteiger partial charge in [-0.3, -0.25) is 0 Å². The Morgan fingerprint density at radius 3 is 2.44 bits per heavy atom. The summed E-state index contributed by atoms with van der Waals surface area (Å²) in [5.41, 5.74) is 3.22. The molecule has 0 amide bonds. The van der Waals surface area contributed by atoms with E-state index < -0.39 is 0 Å². The Morgan fingerprint density at radius 1 is 0.889 bits per heavy atom. The zero-order valence-corrected chi connectivity index (χ0v) is 16.0. The molecule has 0 bridgehead atoms. The number of rotatable bonds is 7. The molecule has 0 saturated carbocycles. The highest BCUT2D eigenvalue weighted by Gasteiger charge is 2.08. The maximum atomic E-state index is 5.42. The molecule has 0 saturated heterocycles. The molecular weight excluding hydrogens is 340 g/mol. The van der Waals surface area contributed by atoms with Crippen molar-refractivity contribution in [1.82, 2.24) is 9.97 Å². The zero-order valence-electron chi connectivity index (χ0n) is 16.0. The quantitative estimate of drug-likeness (QED) is 0.645. The van der Waals surface area contributed by atoms with E-state index in [1.54, 1.807) is 14.2 Å². The molecule has 0 spiro atoms. The number of ether oxygens (including phenoxy) is 2. The van der Waals surface area contributed by atoms with Crippen molar-refractivity contribution < 1.29 is 9.47 Å². The van der Waals surface area contributed by atoms with E-state index in [2.05, 4.69) is 51.8 Å². The van der Waals surface area contributed by atoms with Crippen LogP contribution in [0.1, 0.15) is 17.0 Å². The molecule has 0 aliphatic heterocycles. The van der Waals surface area contributed by atoms with E-state index in [9.17, 15) is 0 Å². The van der Waals surface area contributed by atoms with Gasteiger partial charge in [-0.2, -0.15) is 0 Å². The van der Waals surface area contributed by atoms with Crippen LogP contribution in [-0.4, -0.2) is 24.2 Å². The van der Waals surface area contributed by atoms with Gasteiger partial charge in [-0.25, -0.2) is 9.97 Å². The largest absolute Gasteiger partial charge is 0.497 e. The van der Waals surface area contributed by atoms with Crippen LogP contribution in [-0.2, 0) is 6.54 Å². The molecule has 0 unspecified atom stereocenters. The SMILES string of the molecule is COc1ccc(OC)c(Nc2cc(NCc3cccc(C)c3)nc(C)n2)c1. The second kappa shape index (κ2) is 8.40. The average Bonchev–Trinajstić information content (AvgIpc) is 2.66. The van der Waals surface area contributed by atoms with E-state index in [1.165, 1.54) is 11.1 Å². The molecule has 2 aromatic carbocycles. The van der Waals surface area contributed by atoms with E-state index in [-0.39, 0.29) is 0 Å². The van der Waals surface area contributed by atoms with Crippen molar-refractivity contribution in [2.24, 2.45) is 0 Å². The van der Waals surface area contributed by atoms with Crippen molar-refractivity contribution in [2.45, 2.75) is 20.4 Å². The van der Waals surface area contributed by atoms with Gasteiger partial charge >= 0.3 is 0 Å². The molecule has 0 atom stereocenters. The fraction of sp³-hybridized carbons (Fsp3) is 0.238. The van der Waals surface area contributed by atoms with Gasteiger partial charge in [0.2, 0.25) is 0 Å². The molecule has 140 valence electrons. The summed E-state index contributed by atoms with van der Waals surface area (Å²) in [5.74, 6) is 3.56. The Kier molecular flexibility index (Phi) is 5.76. The van der Waals surface area contributed by atoms with Crippen LogP contribution in [0, 0.1) is 13.8 Å². The fourth-order valence-electron chi connectivity index (χ4n) is 2.79. The molecular formula is C21H24N4O2. The molecule has 3 aromatic rings. The highest BCUT2D eigenvalue weighted by atomic mass is 16.5. The lowest BCUT2D eigenvalue weighted by Crippen LogP contribution is -2.05. The summed E-state index contributed by atoms with van der Waals surface area (Å²) in [4.78, 5) is 8.94. The Hall–Kier alpha value is -3.28. The minimum Gasteiger partial charge on any atom is -0.497 e. The molecule has 6 nitrogen and oxygen atoms in total. The summed E-state index contributed by atoms with van der Waals surface area (Å²) < 4.78 is 10.7. The first-order chi connectivity index (χ1) is 13.1. The van der Waals surface area contributed by atoms with Crippen LogP contribution >= 0.6 is 0 Å². The van der Waals surface area contributed by atoms with Crippen LogP contribution in [0.25, 0.3) is 0 Å². The van der Waals surface area contributed by atoms with Crippen LogP contribution in [0.5, 0.6) is 11.5 Å². The smallest absolute Gasteiger partial charge is 0.142 e. The molecule has 0 aliphatic carbocycles. The molecule has 1 heterocycles. The van der Waals surface area contributed by atoms with E-state index >= 15 is 0 Å². The Morgan fingerprint density at radius 2 is 1.70 bits per heavy atom. The van der Waals surface area contributed by atoms with Crippen LogP contribution in [0.2, 0.25) is 0 Å². The highest BCUT2D eigenvalue weighted by molar-refractivity contribution is 5.67. The number of hydrogen-bond acceptors (Lipinski definition) is 6. The van der Waals surface area contributed by atoms with Gasteiger partial charge < -0.3 is 20.1 Å². The monoisotopic (exact) mass is 364 g/mol. The van der Waals surface area contributed by atoms with Gasteiger partial charge in [-0.05, 0) is 31.5 Å². The normalized spacial score (nSPS) is 10.4. The lowest BCUT2D eigenvalue weighted by Gasteiger charge is -2.14. The molecule has 0 fully saturated rings. The summed E-state index contributed by atoms with van der Waals surface area (Å²) in [5, 5.41) is 6.65. The number of nitrogens with one attached hydrogen (secondary N) is 2. The summed E-state index contributed by atoms with van der Waals surface area (Å²) in [6.07, 6.45) is 0. The third-order valence-electron chi connectivity index (χ3n) is 4.06. The maximum Gasteiger partial charge on any atom is 0.142 e. The summed E-state index contributed by atoms with van der Waals surface area (Å²) in [6, 6.07) is 15.8. The van der Waals surface area contributed by atoms with Crippen molar-refractivity contribution in [3.8, 4) is 11.5 Å². The molecule has 1 aromatic heterocycles. The molecule has 2 N–H and O–H groups in total. The second-order valence-electron chi connectivity index (χ2n) is 6.22. The first-order valence-corrected chi connectivity index (χ1v) is 8.71. The lowest BCUT2D eigenvalue weighted by atomic mass is 10.1. The second-order valence-corrected chi connectivity index (χ2v) is 6.22. The Labute approximate surface area is 159 Å². The van der Waals surface area contributed by atoms with E-state index in [0.29, 0.717) is 23.9 Å². The number of benzene rings is 2. The third-order valence-corrected chi connectivity index (χ3v) is 4.06. The van der Waals surface area contributed by atoms with Gasteiger partial charge in [-0.15, -0.1) is 0 Å². The van der Waals surface area contributed by atoms with Gasteiger partial charge in [0, 0.05) is 18.7 Å². The minimum atomic E-state index is 0.675. The third kappa shape index (κ3) is 4.88. The number of aromatic nitrogens is 2. The topological polar surface area (TPSA) is 68.3 Å². The minimum absolute atomic E-state index is 0.675. The molecule has 0 aliphatic rings. The van der Waals surface area contributed by atoms with Gasteiger partial charge in [0.05, 0.1) is 19.9 Å². The summed E-state index contributed by atoms with van der Waals surface area (Å²) in [7, 11) is 3.26. The van der Waals surface area contributed by atoms with Gasteiger partial charge in [0.25, 0.3) is 0 Å². The van der Waals surface area contributed by atoms with Crippen LogP contribution in [0.15, 0.2) is 48.5 Å². The standard InChI is InChI=1S/C21H24N4O2/c1-14-6-5-7-16(10-14)13-22-20-12-21(24-15(2)23-20)25-18-11-17(26-3)8-9-19(18)27-4/h5-12H,13H2,1-4H3,(H2,22,23,24,25). The van der Waals surface area contributed by atoms with Crippen LogP contribution < -0.4 is 20.1 Å². The Balaban J connectivity index is 1.79. The summed E-state index contributed by atoms with van der Waals surface area (Å²) >= 11 is 0. The fourth-order valence-corrected chi connectivity index (χ4v) is 2.79. The molecule has 27 heavy (non-hydrogen) atoms. The highest BCUT2D eigenvalue weighted by Crippen LogP contribution is 2.31. The first-order valence-electron chi connectivity index (χ1n) is 8.71. The predicted molar refractivity (Wildman–Crippen MR) is 108 cm³/mol. The Bertz CT molecular complexity index is 928. The first kappa shape index (κ1) is 18.5. The number of methoxy groups -OCH3 is 2. The summed E-state index contributed by atoms with van der Waals surface area (Å²) in [6.45, 7) is 4.65. The van der Waals surface area contributed by atoms with Crippen molar-refractivity contribution in [3.05, 3.63) is 65.5 Å². The molecule has 6 heteroatoms.